The van der Waals surface area contributed by atoms with Crippen LogP contribution in [0.3, 0.4) is 0 Å². The number of nitrogens with one attached hydrogen (secondary N) is 1. The number of rotatable bonds is 6. The van der Waals surface area contributed by atoms with Crippen molar-refractivity contribution in [1.29, 1.82) is 5.26 Å². The molecule has 1 amide bonds. The number of methoxy groups -OCH3 is 1. The Hall–Kier alpha value is -3.26. The van der Waals surface area contributed by atoms with Gasteiger partial charge >= 0.3 is 0 Å². The molecule has 1 N–H and O–H groups in total. The van der Waals surface area contributed by atoms with Gasteiger partial charge in [0.25, 0.3) is 5.91 Å². The first-order chi connectivity index (χ1) is 12.5. The first-order valence-corrected chi connectivity index (χ1v) is 8.29. The second kappa shape index (κ2) is 8.72. The normalized spacial score (nSPS) is 10.8. The lowest BCUT2D eigenvalue weighted by Gasteiger charge is -2.10. The van der Waals surface area contributed by atoms with Crippen molar-refractivity contribution in [3.63, 3.8) is 0 Å². The summed E-state index contributed by atoms with van der Waals surface area (Å²) >= 11 is 0. The third-order valence-electron chi connectivity index (χ3n) is 3.79. The number of aryl methyl sites for hydroxylation is 2. The minimum Gasteiger partial charge on any atom is -0.493 e. The van der Waals surface area contributed by atoms with Gasteiger partial charge < -0.3 is 14.8 Å². The van der Waals surface area contributed by atoms with Crippen molar-refractivity contribution in [2.24, 2.45) is 0 Å². The molecular formula is C21H22N2O3. The van der Waals surface area contributed by atoms with Crippen molar-refractivity contribution in [1.82, 2.24) is 0 Å². The van der Waals surface area contributed by atoms with Gasteiger partial charge in [-0.05, 0) is 56.2 Å². The molecule has 2 rings (SSSR count). The van der Waals surface area contributed by atoms with Crippen LogP contribution >= 0.6 is 0 Å². The third kappa shape index (κ3) is 4.64. The maximum absolute atomic E-state index is 12.5. The van der Waals surface area contributed by atoms with Crippen molar-refractivity contribution in [2.45, 2.75) is 20.8 Å². The van der Waals surface area contributed by atoms with Gasteiger partial charge in [0.15, 0.2) is 11.5 Å². The Morgan fingerprint density at radius 3 is 2.58 bits per heavy atom. The summed E-state index contributed by atoms with van der Waals surface area (Å²) in [5, 5.41) is 12.2. The van der Waals surface area contributed by atoms with Gasteiger partial charge in [-0.1, -0.05) is 23.8 Å². The zero-order valence-electron chi connectivity index (χ0n) is 15.4. The fourth-order valence-electron chi connectivity index (χ4n) is 2.51. The third-order valence-corrected chi connectivity index (χ3v) is 3.79. The van der Waals surface area contributed by atoms with Gasteiger partial charge in [-0.3, -0.25) is 4.79 Å². The topological polar surface area (TPSA) is 71.3 Å². The average molecular weight is 350 g/mol. The van der Waals surface area contributed by atoms with E-state index in [1.807, 2.05) is 45.0 Å². The van der Waals surface area contributed by atoms with Crippen LogP contribution in [0.15, 0.2) is 42.0 Å². The molecule has 0 aliphatic carbocycles. The Kier molecular flexibility index (Phi) is 6.40. The number of amides is 1. The summed E-state index contributed by atoms with van der Waals surface area (Å²) in [7, 11) is 1.56. The van der Waals surface area contributed by atoms with Crippen LogP contribution in [0, 0.1) is 25.2 Å². The molecule has 2 aromatic rings. The van der Waals surface area contributed by atoms with Crippen LogP contribution in [0.25, 0.3) is 6.08 Å². The first kappa shape index (κ1) is 19.1. The van der Waals surface area contributed by atoms with E-state index in [-0.39, 0.29) is 5.57 Å². The molecule has 0 aromatic heterocycles. The average Bonchev–Trinajstić information content (AvgIpc) is 2.62. The summed E-state index contributed by atoms with van der Waals surface area (Å²) in [6, 6.07) is 12.9. The molecule has 5 heteroatoms. The summed E-state index contributed by atoms with van der Waals surface area (Å²) in [4.78, 5) is 12.5. The van der Waals surface area contributed by atoms with E-state index in [2.05, 4.69) is 5.32 Å². The number of hydrogen-bond donors (Lipinski definition) is 1. The molecule has 0 heterocycles. The van der Waals surface area contributed by atoms with E-state index >= 15 is 0 Å². The van der Waals surface area contributed by atoms with E-state index in [0.29, 0.717) is 29.4 Å². The summed E-state index contributed by atoms with van der Waals surface area (Å²) in [5.41, 5.74) is 3.43. The number of benzene rings is 2. The maximum atomic E-state index is 12.5. The van der Waals surface area contributed by atoms with Crippen molar-refractivity contribution < 1.29 is 14.3 Å². The molecule has 2 aromatic carbocycles. The van der Waals surface area contributed by atoms with Crippen LogP contribution in [0.1, 0.15) is 23.6 Å². The predicted molar refractivity (Wildman–Crippen MR) is 102 cm³/mol. The van der Waals surface area contributed by atoms with E-state index in [4.69, 9.17) is 9.47 Å². The molecule has 26 heavy (non-hydrogen) atoms. The van der Waals surface area contributed by atoms with Crippen LogP contribution in [0.4, 0.5) is 5.69 Å². The Balaban J connectivity index is 2.28. The van der Waals surface area contributed by atoms with Gasteiger partial charge in [0.1, 0.15) is 11.6 Å². The van der Waals surface area contributed by atoms with Crippen LogP contribution in [-0.4, -0.2) is 19.6 Å². The number of ether oxygens (including phenoxy) is 2. The predicted octanol–water partition coefficient (Wildman–Crippen LogP) is 4.26. The lowest BCUT2D eigenvalue weighted by Crippen LogP contribution is -2.14. The molecule has 0 bridgehead atoms. The SMILES string of the molecule is CCOc1cc(/C=C(\C#N)C(=O)Nc2ccc(C)cc2C)ccc1OC. The Morgan fingerprint density at radius 2 is 1.96 bits per heavy atom. The van der Waals surface area contributed by atoms with E-state index in [9.17, 15) is 10.1 Å². The Bertz CT molecular complexity index is 879. The number of nitrogens with zero attached hydrogens (tertiary/aromatic N) is 1. The van der Waals surface area contributed by atoms with E-state index < -0.39 is 5.91 Å². The molecule has 0 aliphatic heterocycles. The van der Waals surface area contributed by atoms with Gasteiger partial charge in [0, 0.05) is 5.69 Å². The highest BCUT2D eigenvalue weighted by molar-refractivity contribution is 6.10. The highest BCUT2D eigenvalue weighted by Crippen LogP contribution is 2.29. The summed E-state index contributed by atoms with van der Waals surface area (Å²) < 4.78 is 10.8. The molecule has 0 unspecified atom stereocenters. The fraction of sp³-hybridized carbons (Fsp3) is 0.238. The smallest absolute Gasteiger partial charge is 0.266 e. The number of carbonyl (C=O) groups is 1. The zero-order chi connectivity index (χ0) is 19.1. The molecule has 0 saturated carbocycles. The van der Waals surface area contributed by atoms with Crippen molar-refractivity contribution >= 4 is 17.7 Å². The van der Waals surface area contributed by atoms with Gasteiger partial charge in [0.05, 0.1) is 13.7 Å². The number of anilines is 1. The summed E-state index contributed by atoms with van der Waals surface area (Å²) in [6.07, 6.45) is 1.53. The van der Waals surface area contributed by atoms with Gasteiger partial charge in [-0.15, -0.1) is 0 Å². The lowest BCUT2D eigenvalue weighted by atomic mass is 10.1. The zero-order valence-corrected chi connectivity index (χ0v) is 15.4. The number of carbonyl (C=O) groups excluding carboxylic acids is 1. The van der Waals surface area contributed by atoms with Crippen molar-refractivity contribution in [3.8, 4) is 17.6 Å². The van der Waals surface area contributed by atoms with Crippen LogP contribution < -0.4 is 14.8 Å². The number of hydrogen-bond acceptors (Lipinski definition) is 4. The molecule has 134 valence electrons. The monoisotopic (exact) mass is 350 g/mol. The molecular weight excluding hydrogens is 328 g/mol. The summed E-state index contributed by atoms with van der Waals surface area (Å²) in [5.74, 6) is 0.714. The Morgan fingerprint density at radius 1 is 1.19 bits per heavy atom. The van der Waals surface area contributed by atoms with E-state index in [1.54, 1.807) is 25.3 Å². The van der Waals surface area contributed by atoms with Crippen LogP contribution in [0.2, 0.25) is 0 Å². The Labute approximate surface area is 153 Å². The quantitative estimate of drug-likeness (QED) is 0.624. The minimum absolute atomic E-state index is 0.0117. The lowest BCUT2D eigenvalue weighted by molar-refractivity contribution is -0.112. The molecule has 0 fully saturated rings. The van der Waals surface area contributed by atoms with Crippen molar-refractivity contribution in [2.75, 3.05) is 19.0 Å². The molecule has 0 atom stereocenters. The van der Waals surface area contributed by atoms with Crippen molar-refractivity contribution in [3.05, 3.63) is 58.7 Å². The second-order valence-corrected chi connectivity index (χ2v) is 5.79. The highest BCUT2D eigenvalue weighted by atomic mass is 16.5. The molecule has 0 saturated heterocycles. The summed E-state index contributed by atoms with van der Waals surface area (Å²) in [6.45, 7) is 6.26. The highest BCUT2D eigenvalue weighted by Gasteiger charge is 2.12. The standard InChI is InChI=1S/C21H22N2O3/c1-5-26-20-12-16(7-9-19(20)25-4)11-17(13-22)21(24)23-18-8-6-14(2)10-15(18)3/h6-12H,5H2,1-4H3,(H,23,24)/b17-11+. The molecule has 0 aliphatic rings. The van der Waals surface area contributed by atoms with Crippen LogP contribution in [0.5, 0.6) is 11.5 Å². The largest absolute Gasteiger partial charge is 0.493 e. The first-order valence-electron chi connectivity index (χ1n) is 8.29. The van der Waals surface area contributed by atoms with Gasteiger partial charge in [-0.2, -0.15) is 5.26 Å². The number of nitriles is 1. The molecule has 0 spiro atoms. The maximum Gasteiger partial charge on any atom is 0.266 e. The van der Waals surface area contributed by atoms with Gasteiger partial charge in [0.2, 0.25) is 0 Å². The van der Waals surface area contributed by atoms with E-state index in [0.717, 1.165) is 11.1 Å². The second-order valence-electron chi connectivity index (χ2n) is 5.79. The molecule has 5 nitrogen and oxygen atoms in total. The fourth-order valence-corrected chi connectivity index (χ4v) is 2.51. The minimum atomic E-state index is -0.451. The molecule has 0 radical (unpaired) electrons. The van der Waals surface area contributed by atoms with E-state index in [1.165, 1.54) is 6.08 Å². The van der Waals surface area contributed by atoms with Crippen LogP contribution in [-0.2, 0) is 4.79 Å². The van der Waals surface area contributed by atoms with Gasteiger partial charge in [-0.25, -0.2) is 0 Å².